The topological polar surface area (TPSA) is 72.3 Å². The van der Waals surface area contributed by atoms with E-state index in [0.717, 1.165) is 25.2 Å². The van der Waals surface area contributed by atoms with E-state index in [2.05, 4.69) is 10.1 Å². The van der Waals surface area contributed by atoms with E-state index >= 15 is 0 Å². The number of alkyl halides is 3. The lowest BCUT2D eigenvalue weighted by Gasteiger charge is -2.31. The second kappa shape index (κ2) is 9.45. The fraction of sp³-hybridized carbons (Fsp3) is 0.529. The van der Waals surface area contributed by atoms with Crippen LogP contribution in [0.5, 0.6) is 5.75 Å². The highest BCUT2D eigenvalue weighted by Gasteiger charge is 2.31. The quantitative estimate of drug-likeness (QED) is 0.768. The Morgan fingerprint density at radius 2 is 1.81 bits per heavy atom. The lowest BCUT2D eigenvalue weighted by molar-refractivity contribution is -0.903. The fourth-order valence-electron chi connectivity index (χ4n) is 2.72. The number of piperazine rings is 1. The first-order valence-electron chi connectivity index (χ1n) is 8.67. The average Bonchev–Trinajstić information content (AvgIpc) is 2.61. The lowest BCUT2D eigenvalue weighted by atomic mass is 10.2. The summed E-state index contributed by atoms with van der Waals surface area (Å²) in [5.74, 6) is -0.566. The number of amides is 2. The Labute approximate surface area is 155 Å². The summed E-state index contributed by atoms with van der Waals surface area (Å²) in [5, 5.41) is 2.64. The van der Waals surface area contributed by atoms with Crippen molar-refractivity contribution >= 4 is 17.7 Å². The molecule has 1 aromatic carbocycles. The van der Waals surface area contributed by atoms with Crippen LogP contribution in [-0.4, -0.2) is 62.6 Å². The molecule has 1 aliphatic rings. The molecule has 10 heteroatoms. The Balaban J connectivity index is 1.70. The third-order valence-electron chi connectivity index (χ3n) is 4.07. The first-order valence-corrected chi connectivity index (χ1v) is 8.67. The maximum absolute atomic E-state index is 12.1. The predicted octanol–water partition coefficient (Wildman–Crippen LogP) is 1.27. The van der Waals surface area contributed by atoms with Crippen LogP contribution in [0.2, 0.25) is 0 Å². The summed E-state index contributed by atoms with van der Waals surface area (Å²) in [4.78, 5) is 26.5. The van der Waals surface area contributed by atoms with Gasteiger partial charge in [-0.1, -0.05) is 0 Å². The van der Waals surface area contributed by atoms with E-state index in [1.807, 2.05) is 0 Å². The van der Waals surface area contributed by atoms with Gasteiger partial charge >= 0.3 is 12.5 Å². The molecule has 7 nitrogen and oxygen atoms in total. The van der Waals surface area contributed by atoms with E-state index in [4.69, 9.17) is 4.74 Å². The van der Waals surface area contributed by atoms with Gasteiger partial charge in [0.15, 0.2) is 0 Å². The lowest BCUT2D eigenvalue weighted by Crippen LogP contribution is -3.15. The molecule has 0 saturated carbocycles. The number of nitrogens with one attached hydrogen (secondary N) is 2. The summed E-state index contributed by atoms with van der Waals surface area (Å²) in [6.07, 6.45) is -4.78. The Morgan fingerprint density at radius 1 is 1.19 bits per heavy atom. The fourth-order valence-corrected chi connectivity index (χ4v) is 2.72. The molecule has 0 aromatic heterocycles. The zero-order valence-corrected chi connectivity index (χ0v) is 15.0. The summed E-state index contributed by atoms with van der Waals surface area (Å²) in [6.45, 7) is 5.33. The number of carbonyl (C=O) groups is 2. The van der Waals surface area contributed by atoms with Crippen molar-refractivity contribution in [3.8, 4) is 5.75 Å². The first-order chi connectivity index (χ1) is 12.8. The molecule has 2 rings (SSSR count). The van der Waals surface area contributed by atoms with Gasteiger partial charge in [-0.25, -0.2) is 4.79 Å². The van der Waals surface area contributed by atoms with Crippen LogP contribution in [0, 0.1) is 0 Å². The van der Waals surface area contributed by atoms with E-state index < -0.39 is 6.36 Å². The van der Waals surface area contributed by atoms with Crippen LogP contribution in [0.1, 0.15) is 13.3 Å². The van der Waals surface area contributed by atoms with Crippen molar-refractivity contribution in [3.05, 3.63) is 24.3 Å². The standard InChI is InChI=1S/C17H22F3N3O4/c1-2-26-16(25)23-11-9-22(10-12-23)8-7-15(24)21-13-3-5-14(6-4-13)27-17(18,19)20/h3-6H,2,7-12H2,1H3,(H,21,24)/p+1. The maximum atomic E-state index is 12.1. The van der Waals surface area contributed by atoms with Crippen LogP contribution >= 0.6 is 0 Å². The summed E-state index contributed by atoms with van der Waals surface area (Å²) in [5.41, 5.74) is 0.400. The summed E-state index contributed by atoms with van der Waals surface area (Å²) < 4.78 is 45.1. The van der Waals surface area contributed by atoms with Crippen LogP contribution < -0.4 is 15.0 Å². The van der Waals surface area contributed by atoms with Gasteiger partial charge in [0.05, 0.1) is 45.8 Å². The van der Waals surface area contributed by atoms with Gasteiger partial charge in [0.25, 0.3) is 0 Å². The molecule has 0 atom stereocenters. The Morgan fingerprint density at radius 3 is 2.37 bits per heavy atom. The first kappa shape index (κ1) is 20.8. The zero-order valence-electron chi connectivity index (χ0n) is 15.0. The molecule has 0 bridgehead atoms. The monoisotopic (exact) mass is 390 g/mol. The van der Waals surface area contributed by atoms with Crippen LogP contribution in [0.4, 0.5) is 23.7 Å². The van der Waals surface area contributed by atoms with Gasteiger partial charge in [-0.2, -0.15) is 0 Å². The molecule has 1 saturated heterocycles. The van der Waals surface area contributed by atoms with Gasteiger partial charge in [-0.05, 0) is 31.2 Å². The van der Waals surface area contributed by atoms with E-state index in [0.29, 0.717) is 31.9 Å². The minimum atomic E-state index is -4.75. The van der Waals surface area contributed by atoms with Gasteiger partial charge in [0, 0.05) is 5.69 Å². The van der Waals surface area contributed by atoms with Crippen molar-refractivity contribution < 1.29 is 37.1 Å². The molecule has 2 N–H and O–H groups in total. The SMILES string of the molecule is CCOC(=O)N1CC[NH+](CCC(=O)Nc2ccc(OC(F)(F)F)cc2)CC1. The number of halogens is 3. The Bertz CT molecular complexity index is 629. The normalized spacial score (nSPS) is 15.3. The molecule has 1 aromatic rings. The number of hydrogen-bond acceptors (Lipinski definition) is 4. The third-order valence-corrected chi connectivity index (χ3v) is 4.07. The Kier molecular flexibility index (Phi) is 7.28. The van der Waals surface area contributed by atoms with Crippen LogP contribution in [0.15, 0.2) is 24.3 Å². The smallest absolute Gasteiger partial charge is 0.450 e. The largest absolute Gasteiger partial charge is 0.573 e. The third kappa shape index (κ3) is 7.33. The van der Waals surface area contributed by atoms with E-state index in [1.165, 1.54) is 17.0 Å². The molecule has 150 valence electrons. The predicted molar refractivity (Wildman–Crippen MR) is 90.5 cm³/mol. The van der Waals surface area contributed by atoms with Crippen LogP contribution in [0.25, 0.3) is 0 Å². The highest BCUT2D eigenvalue weighted by atomic mass is 19.4. The molecule has 1 aliphatic heterocycles. The highest BCUT2D eigenvalue weighted by Crippen LogP contribution is 2.23. The molecule has 0 spiro atoms. The average molecular weight is 390 g/mol. The van der Waals surface area contributed by atoms with Gasteiger partial charge in [-0.3, -0.25) is 9.69 Å². The highest BCUT2D eigenvalue weighted by molar-refractivity contribution is 5.90. The van der Waals surface area contributed by atoms with Crippen molar-refractivity contribution in [1.82, 2.24) is 4.90 Å². The number of quaternary nitrogens is 1. The molecule has 0 unspecified atom stereocenters. The van der Waals surface area contributed by atoms with Gasteiger partial charge < -0.3 is 19.7 Å². The van der Waals surface area contributed by atoms with Crippen LogP contribution in [-0.2, 0) is 9.53 Å². The molecule has 2 amide bonds. The number of anilines is 1. The molecular weight excluding hydrogens is 367 g/mol. The van der Waals surface area contributed by atoms with Gasteiger partial charge in [-0.15, -0.1) is 13.2 Å². The second-order valence-corrected chi connectivity index (χ2v) is 6.06. The molecular formula is C17H23F3N3O4+. The minimum Gasteiger partial charge on any atom is -0.450 e. The van der Waals surface area contributed by atoms with Crippen molar-refractivity contribution in [2.45, 2.75) is 19.7 Å². The molecule has 0 radical (unpaired) electrons. The van der Waals surface area contributed by atoms with Crippen molar-refractivity contribution in [2.75, 3.05) is 44.6 Å². The molecule has 0 aliphatic carbocycles. The van der Waals surface area contributed by atoms with E-state index in [1.54, 1.807) is 11.8 Å². The van der Waals surface area contributed by atoms with Crippen molar-refractivity contribution in [2.24, 2.45) is 0 Å². The summed E-state index contributed by atoms with van der Waals surface area (Å²) >= 11 is 0. The number of hydrogen-bond donors (Lipinski definition) is 2. The number of ether oxygens (including phenoxy) is 2. The van der Waals surface area contributed by atoms with E-state index in [9.17, 15) is 22.8 Å². The van der Waals surface area contributed by atoms with Gasteiger partial charge in [0.2, 0.25) is 5.91 Å². The summed E-state index contributed by atoms with van der Waals surface area (Å²) in [7, 11) is 0. The Hall–Kier alpha value is -2.49. The van der Waals surface area contributed by atoms with Crippen molar-refractivity contribution in [1.29, 1.82) is 0 Å². The van der Waals surface area contributed by atoms with Crippen LogP contribution in [0.3, 0.4) is 0 Å². The molecule has 27 heavy (non-hydrogen) atoms. The zero-order chi connectivity index (χ0) is 19.9. The second-order valence-electron chi connectivity index (χ2n) is 6.06. The number of benzene rings is 1. The summed E-state index contributed by atoms with van der Waals surface area (Å²) in [6, 6.07) is 4.99. The number of nitrogens with zero attached hydrogens (tertiary/aromatic N) is 1. The van der Waals surface area contributed by atoms with E-state index in [-0.39, 0.29) is 24.2 Å². The minimum absolute atomic E-state index is 0.222. The number of rotatable bonds is 6. The van der Waals surface area contributed by atoms with Crippen molar-refractivity contribution in [3.63, 3.8) is 0 Å². The maximum Gasteiger partial charge on any atom is 0.573 e. The molecule has 1 heterocycles. The number of carbonyl (C=O) groups excluding carboxylic acids is 2. The van der Waals surface area contributed by atoms with Gasteiger partial charge in [0.1, 0.15) is 5.75 Å². The molecule has 1 fully saturated rings.